The summed E-state index contributed by atoms with van der Waals surface area (Å²) in [6, 6.07) is 44.4. The van der Waals surface area contributed by atoms with Crippen LogP contribution in [-0.4, -0.2) is 7.37 Å². The summed E-state index contributed by atoms with van der Waals surface area (Å²) in [6.07, 6.45) is 6.73. The molecule has 0 aliphatic heterocycles. The van der Waals surface area contributed by atoms with Crippen LogP contribution in [0.25, 0.3) is 56.0 Å². The van der Waals surface area contributed by atoms with Gasteiger partial charge in [0, 0.05) is 0 Å². The van der Waals surface area contributed by atoms with E-state index in [9.17, 15) is 0 Å². The number of hydrogen-bond donors (Lipinski definition) is 0. The molecule has 0 saturated carbocycles. The van der Waals surface area contributed by atoms with Crippen LogP contribution in [0.2, 0.25) is 9.26 Å². The molecule has 8 rings (SSSR count). The van der Waals surface area contributed by atoms with E-state index in [-0.39, 0.29) is 7.25 Å². The molecule has 0 bridgehead atoms. The van der Waals surface area contributed by atoms with Crippen LogP contribution in [0, 0.1) is 0 Å². The first kappa shape index (κ1) is 32.2. The Morgan fingerprint density at radius 1 is 0.500 bits per heavy atom. The van der Waals surface area contributed by atoms with Crippen LogP contribution in [0.3, 0.4) is 0 Å². The van der Waals surface area contributed by atoms with Crippen LogP contribution in [0.1, 0.15) is 56.2 Å². The van der Waals surface area contributed by atoms with Crippen LogP contribution in [0.15, 0.2) is 132 Å². The van der Waals surface area contributed by atoms with Gasteiger partial charge in [0.1, 0.15) is 0 Å². The van der Waals surface area contributed by atoms with E-state index in [1.807, 2.05) is 0 Å². The van der Waals surface area contributed by atoms with Gasteiger partial charge in [-0.2, -0.15) is 0 Å². The van der Waals surface area contributed by atoms with Crippen molar-refractivity contribution < 1.29 is 12.6 Å². The zero-order chi connectivity index (χ0) is 33.6. The summed E-state index contributed by atoms with van der Waals surface area (Å²) in [7, 11) is 18.4. The Hall–Kier alpha value is -3.00. The van der Waals surface area contributed by atoms with E-state index in [4.69, 9.17) is 17.0 Å². The van der Waals surface area contributed by atoms with E-state index in [2.05, 4.69) is 157 Å². The van der Waals surface area contributed by atoms with Crippen molar-refractivity contribution in [3.63, 3.8) is 0 Å². The molecule has 4 heteroatoms. The second kappa shape index (κ2) is 10.0. The van der Waals surface area contributed by atoms with Crippen LogP contribution >= 0.6 is 17.0 Å². The Balaban J connectivity index is 1.37. The van der Waals surface area contributed by atoms with Gasteiger partial charge in [-0.3, -0.25) is 0 Å². The first-order valence-electron chi connectivity index (χ1n) is 17.5. The molecule has 0 aromatic heterocycles. The maximum absolute atomic E-state index is 8.84. The Kier molecular flexibility index (Phi) is 6.74. The molecule has 6 aromatic carbocycles. The Bertz CT molecular complexity index is 2240. The maximum atomic E-state index is 8.84. The fraction of sp³-hybridized carbons (Fsp3) is 0.182. The van der Waals surface area contributed by atoms with Crippen LogP contribution in [-0.2, 0) is 12.6 Å². The summed E-state index contributed by atoms with van der Waals surface area (Å²) in [4.78, 5) is 0. The van der Waals surface area contributed by atoms with Crippen molar-refractivity contribution in [1.29, 1.82) is 0 Å². The van der Waals surface area contributed by atoms with Gasteiger partial charge in [0.25, 0.3) is 0 Å². The molecule has 0 saturated heterocycles. The molecule has 0 radical (unpaired) electrons. The van der Waals surface area contributed by atoms with Gasteiger partial charge in [0.15, 0.2) is 0 Å². The van der Waals surface area contributed by atoms with Gasteiger partial charge in [-0.1, -0.05) is 0 Å². The van der Waals surface area contributed by atoms with E-state index in [0.29, 0.717) is 7.37 Å². The van der Waals surface area contributed by atoms with Crippen molar-refractivity contribution in [2.24, 2.45) is 0 Å². The number of benzene rings is 6. The van der Waals surface area contributed by atoms with E-state index in [0.717, 1.165) is 12.8 Å². The van der Waals surface area contributed by atoms with Crippen molar-refractivity contribution in [1.82, 2.24) is 0 Å². The second-order valence-electron chi connectivity index (χ2n) is 16.7. The fourth-order valence-corrected chi connectivity index (χ4v) is 42.2. The average molecular weight is 762 g/mol. The Morgan fingerprint density at radius 2 is 0.854 bits per heavy atom. The SMILES string of the molecule is CCC1=Cc2c(-c3cccc4ccccc34)cccc2[CH]1[Zr]([CH3])([CH3])([SiH3])([Cl])([Cl])[CH]1C(CC)=Cc2c(-c3cccc4ccccc34)cccc21. The molecule has 0 spiro atoms. The van der Waals surface area contributed by atoms with Gasteiger partial charge in [0.2, 0.25) is 0 Å². The van der Waals surface area contributed by atoms with Crippen molar-refractivity contribution in [3.8, 4) is 22.3 Å². The molecule has 0 heterocycles. The number of allylic oxidation sites excluding steroid dienone is 2. The van der Waals surface area contributed by atoms with Gasteiger partial charge in [-0.15, -0.1) is 0 Å². The molecule has 0 nitrogen and oxygen atoms in total. The molecule has 2 aliphatic carbocycles. The van der Waals surface area contributed by atoms with E-state index in [1.54, 1.807) is 0 Å². The third-order valence-corrected chi connectivity index (χ3v) is 39.4. The summed E-state index contributed by atoms with van der Waals surface area (Å²) in [5.74, 6) is 0. The molecule has 0 amide bonds. The Labute approximate surface area is 288 Å². The predicted octanol–water partition coefficient (Wildman–Crippen LogP) is 13.2. The topological polar surface area (TPSA) is 0 Å². The zero-order valence-electron chi connectivity index (χ0n) is 28.5. The molecule has 48 heavy (non-hydrogen) atoms. The molecule has 2 aliphatic rings. The summed E-state index contributed by atoms with van der Waals surface area (Å²) >= 11 is -5.88. The summed E-state index contributed by atoms with van der Waals surface area (Å²) in [5, 5.41) is 5.05. The van der Waals surface area contributed by atoms with Crippen LogP contribution < -0.4 is 0 Å². The van der Waals surface area contributed by atoms with Crippen molar-refractivity contribution >= 4 is 58.1 Å². The van der Waals surface area contributed by atoms with E-state index in [1.165, 1.54) is 77.2 Å². The minimum atomic E-state index is -5.88. The summed E-state index contributed by atoms with van der Waals surface area (Å²) < 4.78 is 4.71. The van der Waals surface area contributed by atoms with Gasteiger partial charge in [0.05, 0.1) is 0 Å². The van der Waals surface area contributed by atoms with E-state index < -0.39 is 12.6 Å². The standard InChI is InChI=1S/2C21H17.2CH3.2ClH.H3Si.Zr/c2*1-2-15-13-17-9-6-12-20(21(17)14-15)19-11-5-8-16-7-3-4-10-18(16)19;;;;;;/h2*3-14H,2H2,1H3;2*1H3;2*1H;1H3;/q;;;;;;;+2/p-2. The molecular formula is C44H43Cl2SiZr. The monoisotopic (exact) mass is 759 g/mol. The van der Waals surface area contributed by atoms with E-state index >= 15 is 0 Å². The normalized spacial score (nSPS) is 19.6. The predicted molar refractivity (Wildman–Crippen MR) is 214 cm³/mol. The molecular weight excluding hydrogens is 719 g/mol. The van der Waals surface area contributed by atoms with Crippen molar-refractivity contribution in [2.45, 2.75) is 43.2 Å². The molecule has 2 atom stereocenters. The van der Waals surface area contributed by atoms with Crippen molar-refractivity contribution in [3.05, 3.63) is 155 Å². The molecule has 0 fully saturated rings. The molecule has 2 unspecified atom stereocenters. The number of halogens is 2. The van der Waals surface area contributed by atoms with Gasteiger partial charge in [-0.25, -0.2) is 0 Å². The van der Waals surface area contributed by atoms with Gasteiger partial charge in [-0.05, 0) is 0 Å². The minimum absolute atomic E-state index is 0.0289. The molecule has 6 aromatic rings. The van der Waals surface area contributed by atoms with Gasteiger partial charge >= 0.3 is 291 Å². The van der Waals surface area contributed by atoms with Gasteiger partial charge < -0.3 is 0 Å². The summed E-state index contributed by atoms with van der Waals surface area (Å²) in [6.45, 7) is 4.56. The average Bonchev–Trinajstić information content (AvgIpc) is 3.68. The quantitative estimate of drug-likeness (QED) is 0.148. The number of fused-ring (bicyclic) bond motifs is 4. The molecule has 0 N–H and O–H groups in total. The fourth-order valence-electron chi connectivity index (χ4n) is 10.1. The number of rotatable bonds is 6. The molecule has 241 valence electrons. The van der Waals surface area contributed by atoms with Crippen molar-refractivity contribution in [2.75, 3.05) is 0 Å². The zero-order valence-corrected chi connectivity index (χ0v) is 34.5. The first-order chi connectivity index (χ1) is 22.8. The van der Waals surface area contributed by atoms with Crippen LogP contribution in [0.4, 0.5) is 0 Å². The van der Waals surface area contributed by atoms with Crippen LogP contribution in [0.5, 0.6) is 0 Å². The number of hydrogen-bond acceptors (Lipinski definition) is 0. The summed E-state index contributed by atoms with van der Waals surface area (Å²) in [5.41, 5.74) is 13.0. The second-order valence-corrected chi connectivity index (χ2v) is 98.4. The third-order valence-electron chi connectivity index (χ3n) is 11.8. The Morgan fingerprint density at radius 3 is 1.27 bits per heavy atom. The third kappa shape index (κ3) is 4.70. The first-order valence-corrected chi connectivity index (χ1v) is 40.0.